The van der Waals surface area contributed by atoms with Crippen LogP contribution >= 0.6 is 0 Å². The van der Waals surface area contributed by atoms with Crippen molar-refractivity contribution >= 4 is 5.91 Å². The average Bonchev–Trinajstić information content (AvgIpc) is 2.36. The zero-order valence-corrected chi connectivity index (χ0v) is 11.8. The van der Waals surface area contributed by atoms with Gasteiger partial charge in [0.05, 0.1) is 5.92 Å². The summed E-state index contributed by atoms with van der Waals surface area (Å²) >= 11 is 0. The highest BCUT2D eigenvalue weighted by atomic mass is 16.5. The smallest absolute Gasteiger partial charge is 0.224 e. The molecule has 0 aromatic heterocycles. The summed E-state index contributed by atoms with van der Waals surface area (Å²) in [7, 11) is 0. The first-order chi connectivity index (χ1) is 8.65. The van der Waals surface area contributed by atoms with Crippen LogP contribution in [0.15, 0.2) is 0 Å². The summed E-state index contributed by atoms with van der Waals surface area (Å²) < 4.78 is 5.37. The number of ether oxygens (including phenoxy) is 1. The quantitative estimate of drug-likeness (QED) is 0.681. The predicted octanol–water partition coefficient (Wildman–Crippen LogP) is 1.68. The highest BCUT2D eigenvalue weighted by Gasteiger charge is 2.31. The molecule has 3 atom stereocenters. The van der Waals surface area contributed by atoms with Gasteiger partial charge in [-0.05, 0) is 38.0 Å². The number of nitrogens with one attached hydrogen (secondary N) is 1. The summed E-state index contributed by atoms with van der Waals surface area (Å²) in [4.78, 5) is 12.0. The fraction of sp³-hybridized carbons (Fsp3) is 0.929. The molecule has 1 aliphatic rings. The van der Waals surface area contributed by atoms with Crippen LogP contribution in [0, 0.1) is 11.8 Å². The van der Waals surface area contributed by atoms with Crippen molar-refractivity contribution < 1.29 is 9.53 Å². The van der Waals surface area contributed by atoms with Gasteiger partial charge in [0.2, 0.25) is 5.91 Å². The Labute approximate surface area is 111 Å². The Morgan fingerprint density at radius 1 is 1.39 bits per heavy atom. The van der Waals surface area contributed by atoms with E-state index >= 15 is 0 Å². The van der Waals surface area contributed by atoms with Crippen LogP contribution in [0.4, 0.5) is 0 Å². The Hall–Kier alpha value is -0.610. The third-order valence-corrected chi connectivity index (χ3v) is 3.62. The Morgan fingerprint density at radius 2 is 2.17 bits per heavy atom. The largest absolute Gasteiger partial charge is 0.381 e. The summed E-state index contributed by atoms with van der Waals surface area (Å²) in [6.07, 6.45) is 4.97. The molecule has 18 heavy (non-hydrogen) atoms. The lowest BCUT2D eigenvalue weighted by molar-refractivity contribution is -0.127. The van der Waals surface area contributed by atoms with Crippen LogP contribution < -0.4 is 11.1 Å². The van der Waals surface area contributed by atoms with E-state index in [1.807, 2.05) is 0 Å². The van der Waals surface area contributed by atoms with Gasteiger partial charge in [0.1, 0.15) is 0 Å². The van der Waals surface area contributed by atoms with Gasteiger partial charge >= 0.3 is 0 Å². The number of carbonyl (C=O) groups is 1. The van der Waals surface area contributed by atoms with Crippen molar-refractivity contribution in [2.45, 2.75) is 52.0 Å². The van der Waals surface area contributed by atoms with E-state index < -0.39 is 0 Å². The van der Waals surface area contributed by atoms with Crippen molar-refractivity contribution in [3.8, 4) is 0 Å². The monoisotopic (exact) mass is 256 g/mol. The number of rotatable bonds is 7. The normalized spacial score (nSPS) is 28.1. The van der Waals surface area contributed by atoms with Gasteiger partial charge in [0.15, 0.2) is 0 Å². The maximum Gasteiger partial charge on any atom is 0.224 e. The molecule has 1 amide bonds. The summed E-state index contributed by atoms with van der Waals surface area (Å²) in [5, 5.41) is 2.98. The fourth-order valence-electron chi connectivity index (χ4n) is 2.47. The Kier molecular flexibility index (Phi) is 7.28. The van der Waals surface area contributed by atoms with Crippen molar-refractivity contribution in [1.82, 2.24) is 5.32 Å². The first kappa shape index (κ1) is 15.4. The third-order valence-electron chi connectivity index (χ3n) is 3.62. The van der Waals surface area contributed by atoms with Crippen molar-refractivity contribution in [3.63, 3.8) is 0 Å². The van der Waals surface area contributed by atoms with Crippen LogP contribution in [0.2, 0.25) is 0 Å². The Bertz CT molecular complexity index is 246. The minimum Gasteiger partial charge on any atom is -0.381 e. The van der Waals surface area contributed by atoms with Gasteiger partial charge in [-0.3, -0.25) is 4.79 Å². The predicted molar refractivity (Wildman–Crippen MR) is 73.2 cm³/mol. The van der Waals surface area contributed by atoms with E-state index in [0.717, 1.165) is 45.3 Å². The van der Waals surface area contributed by atoms with Gasteiger partial charge in [-0.15, -0.1) is 0 Å². The van der Waals surface area contributed by atoms with E-state index in [0.29, 0.717) is 12.5 Å². The molecule has 0 aromatic rings. The van der Waals surface area contributed by atoms with Crippen LogP contribution in [0.25, 0.3) is 0 Å². The van der Waals surface area contributed by atoms with E-state index in [1.165, 1.54) is 0 Å². The van der Waals surface area contributed by atoms with Crippen LogP contribution in [-0.2, 0) is 9.53 Å². The van der Waals surface area contributed by atoms with Crippen molar-refractivity contribution in [2.75, 3.05) is 19.8 Å². The van der Waals surface area contributed by atoms with Gasteiger partial charge in [0.25, 0.3) is 0 Å². The van der Waals surface area contributed by atoms with Gasteiger partial charge in [-0.2, -0.15) is 0 Å². The second-order valence-electron chi connectivity index (χ2n) is 5.45. The summed E-state index contributed by atoms with van der Waals surface area (Å²) in [6, 6.07) is 0.0394. The molecule has 0 heterocycles. The first-order valence-corrected chi connectivity index (χ1v) is 7.26. The minimum atomic E-state index is 0.00492. The molecule has 0 aromatic carbocycles. The van der Waals surface area contributed by atoms with E-state index in [1.54, 1.807) is 0 Å². The molecule has 0 spiro atoms. The fourth-order valence-corrected chi connectivity index (χ4v) is 2.47. The molecular formula is C14H28N2O2. The molecule has 1 rings (SSSR count). The van der Waals surface area contributed by atoms with E-state index in [4.69, 9.17) is 10.5 Å². The molecule has 106 valence electrons. The Morgan fingerprint density at radius 3 is 2.89 bits per heavy atom. The van der Waals surface area contributed by atoms with Crippen LogP contribution in [0.5, 0.6) is 0 Å². The maximum atomic E-state index is 12.0. The van der Waals surface area contributed by atoms with Gasteiger partial charge in [-0.1, -0.05) is 13.8 Å². The zero-order chi connectivity index (χ0) is 13.4. The van der Waals surface area contributed by atoms with E-state index in [9.17, 15) is 4.79 Å². The summed E-state index contributed by atoms with van der Waals surface area (Å²) in [5.41, 5.74) is 6.03. The number of carbonyl (C=O) groups excluding carboxylic acids is 1. The highest BCUT2D eigenvalue weighted by Crippen LogP contribution is 2.27. The van der Waals surface area contributed by atoms with Crippen LogP contribution in [0.3, 0.4) is 0 Å². The van der Waals surface area contributed by atoms with Crippen LogP contribution in [0.1, 0.15) is 46.0 Å². The standard InChI is InChI=1S/C14H28N2O2/c1-3-8-18-9-4-7-16-14(17)12-10-11(2)5-6-13(12)15/h11-13H,3-10,15H2,1-2H3,(H,16,17). The number of hydrogen-bond donors (Lipinski definition) is 2. The maximum absolute atomic E-state index is 12.0. The molecule has 1 aliphatic carbocycles. The van der Waals surface area contributed by atoms with Crippen molar-refractivity contribution in [2.24, 2.45) is 17.6 Å². The minimum absolute atomic E-state index is 0.00492. The molecule has 0 aliphatic heterocycles. The second-order valence-corrected chi connectivity index (χ2v) is 5.45. The summed E-state index contributed by atoms with van der Waals surface area (Å²) in [6.45, 7) is 6.51. The average molecular weight is 256 g/mol. The Balaban J connectivity index is 2.15. The van der Waals surface area contributed by atoms with E-state index in [-0.39, 0.29) is 17.9 Å². The third kappa shape index (κ3) is 5.36. The van der Waals surface area contributed by atoms with Gasteiger partial charge in [-0.25, -0.2) is 0 Å². The second kappa shape index (κ2) is 8.48. The summed E-state index contributed by atoms with van der Waals surface area (Å²) in [5.74, 6) is 0.753. The molecule has 0 saturated heterocycles. The van der Waals surface area contributed by atoms with E-state index in [2.05, 4.69) is 19.2 Å². The molecule has 1 fully saturated rings. The molecule has 0 bridgehead atoms. The molecule has 4 heteroatoms. The lowest BCUT2D eigenvalue weighted by Gasteiger charge is -2.31. The zero-order valence-electron chi connectivity index (χ0n) is 11.8. The highest BCUT2D eigenvalue weighted by molar-refractivity contribution is 5.79. The lowest BCUT2D eigenvalue weighted by atomic mass is 9.79. The van der Waals surface area contributed by atoms with Gasteiger partial charge in [0, 0.05) is 25.8 Å². The molecular weight excluding hydrogens is 228 g/mol. The number of nitrogens with two attached hydrogens (primary N) is 1. The molecule has 4 nitrogen and oxygen atoms in total. The lowest BCUT2D eigenvalue weighted by Crippen LogP contribution is -2.45. The van der Waals surface area contributed by atoms with Crippen molar-refractivity contribution in [3.05, 3.63) is 0 Å². The van der Waals surface area contributed by atoms with Gasteiger partial charge < -0.3 is 15.8 Å². The first-order valence-electron chi connectivity index (χ1n) is 7.26. The molecule has 3 unspecified atom stereocenters. The molecule has 3 N–H and O–H groups in total. The number of hydrogen-bond acceptors (Lipinski definition) is 3. The molecule has 0 radical (unpaired) electrons. The molecule has 1 saturated carbocycles. The van der Waals surface area contributed by atoms with Crippen LogP contribution in [-0.4, -0.2) is 31.7 Å². The van der Waals surface area contributed by atoms with Crippen molar-refractivity contribution in [1.29, 1.82) is 0 Å². The topological polar surface area (TPSA) is 64.3 Å². The number of amides is 1. The SMILES string of the molecule is CCCOCCCNC(=O)C1CC(C)CCC1N.